The number of benzene rings is 1. The van der Waals surface area contributed by atoms with Crippen LogP contribution in [0.4, 0.5) is 0 Å². The fraction of sp³-hybridized carbons (Fsp3) is 0.650. The van der Waals surface area contributed by atoms with Crippen LogP contribution in [-0.2, 0) is 9.47 Å². The molecule has 126 valence electrons. The molecule has 0 heterocycles. The lowest BCUT2D eigenvalue weighted by molar-refractivity contribution is -0.112. The minimum Gasteiger partial charge on any atom is -0.459 e. The number of hydrogen-bond acceptors (Lipinski definition) is 3. The van der Waals surface area contributed by atoms with Crippen molar-refractivity contribution in [1.29, 1.82) is 0 Å². The first kappa shape index (κ1) is 16.5. The second-order valence-corrected chi connectivity index (χ2v) is 6.94. The van der Waals surface area contributed by atoms with E-state index >= 15 is 0 Å². The van der Waals surface area contributed by atoms with Crippen molar-refractivity contribution in [3.63, 3.8) is 0 Å². The van der Waals surface area contributed by atoms with Crippen LogP contribution in [0.5, 0.6) is 0 Å². The maximum Gasteiger partial charge on any atom is 0.338 e. The van der Waals surface area contributed by atoms with Crippen molar-refractivity contribution in [3.8, 4) is 0 Å². The van der Waals surface area contributed by atoms with Crippen LogP contribution in [0.2, 0.25) is 0 Å². The Hall–Kier alpha value is -1.35. The number of hydrogen-bond donors (Lipinski definition) is 0. The fourth-order valence-corrected chi connectivity index (χ4v) is 3.52. The van der Waals surface area contributed by atoms with Crippen LogP contribution < -0.4 is 0 Å². The minimum absolute atomic E-state index is 0.0315. The summed E-state index contributed by atoms with van der Waals surface area (Å²) >= 11 is 0. The molecule has 2 aliphatic rings. The predicted molar refractivity (Wildman–Crippen MR) is 90.5 cm³/mol. The van der Waals surface area contributed by atoms with E-state index in [1.54, 1.807) is 12.1 Å². The highest BCUT2D eigenvalue weighted by Gasteiger charge is 2.34. The minimum atomic E-state index is -0.212. The summed E-state index contributed by atoms with van der Waals surface area (Å²) < 4.78 is 11.8. The van der Waals surface area contributed by atoms with Crippen molar-refractivity contribution in [2.75, 3.05) is 0 Å². The summed E-state index contributed by atoms with van der Waals surface area (Å²) in [6.07, 6.45) is 12.9. The van der Waals surface area contributed by atoms with Gasteiger partial charge in [0, 0.05) is 12.8 Å². The Morgan fingerprint density at radius 3 is 2.04 bits per heavy atom. The van der Waals surface area contributed by atoms with Crippen molar-refractivity contribution >= 4 is 5.97 Å². The first-order valence-corrected chi connectivity index (χ1v) is 9.23. The molecule has 0 bridgehead atoms. The molecule has 0 saturated heterocycles. The zero-order chi connectivity index (χ0) is 15.9. The van der Waals surface area contributed by atoms with Gasteiger partial charge in [-0.15, -0.1) is 0 Å². The van der Waals surface area contributed by atoms with Gasteiger partial charge >= 0.3 is 5.97 Å². The van der Waals surface area contributed by atoms with Crippen LogP contribution >= 0.6 is 0 Å². The number of rotatable bonds is 4. The Balaban J connectivity index is 1.38. The van der Waals surface area contributed by atoms with Crippen LogP contribution in [0.15, 0.2) is 30.3 Å². The van der Waals surface area contributed by atoms with Gasteiger partial charge in [-0.2, -0.15) is 0 Å². The van der Waals surface area contributed by atoms with Crippen molar-refractivity contribution in [1.82, 2.24) is 0 Å². The smallest absolute Gasteiger partial charge is 0.338 e. The van der Waals surface area contributed by atoms with Crippen LogP contribution in [-0.4, -0.2) is 24.3 Å². The standard InChI is InChI=1S/C20H28O3/c21-20(16-10-6-5-7-11-16)23-19-14-18(15-19)22-17-12-8-3-1-2-4-9-13-17/h5-7,10-11,17-19H,1-4,8-9,12-15H2/t18-,19+. The molecule has 0 radical (unpaired) electrons. The molecule has 0 amide bonds. The summed E-state index contributed by atoms with van der Waals surface area (Å²) in [5, 5.41) is 0. The van der Waals surface area contributed by atoms with E-state index in [0.29, 0.717) is 11.7 Å². The molecule has 0 unspecified atom stereocenters. The Labute approximate surface area is 139 Å². The third-order valence-corrected chi connectivity index (χ3v) is 5.02. The molecule has 0 atom stereocenters. The van der Waals surface area contributed by atoms with E-state index in [1.807, 2.05) is 18.2 Å². The molecule has 2 aliphatic carbocycles. The SMILES string of the molecule is O=C(O[C@H]1C[C@@H](OC2CCCCCCCC2)C1)c1ccccc1. The van der Waals surface area contributed by atoms with Crippen LogP contribution in [0, 0.1) is 0 Å². The topological polar surface area (TPSA) is 35.5 Å². The highest BCUT2D eigenvalue weighted by molar-refractivity contribution is 5.89. The van der Waals surface area contributed by atoms with Gasteiger partial charge in [0.1, 0.15) is 6.10 Å². The van der Waals surface area contributed by atoms with Gasteiger partial charge in [0.05, 0.1) is 17.8 Å². The summed E-state index contributed by atoms with van der Waals surface area (Å²) in [7, 11) is 0. The van der Waals surface area contributed by atoms with Crippen molar-refractivity contribution in [2.45, 2.75) is 82.5 Å². The lowest BCUT2D eigenvalue weighted by atomic mass is 9.91. The lowest BCUT2D eigenvalue weighted by Gasteiger charge is -2.37. The summed E-state index contributed by atoms with van der Waals surface area (Å²) in [5.74, 6) is -0.212. The maximum atomic E-state index is 12.0. The zero-order valence-electron chi connectivity index (χ0n) is 13.9. The number of esters is 1. The van der Waals surface area contributed by atoms with E-state index in [1.165, 1.54) is 51.4 Å². The predicted octanol–water partition coefficient (Wildman–Crippen LogP) is 4.89. The largest absolute Gasteiger partial charge is 0.459 e. The number of ether oxygens (including phenoxy) is 2. The van der Waals surface area contributed by atoms with E-state index in [0.717, 1.165) is 12.8 Å². The normalized spacial score (nSPS) is 26.4. The van der Waals surface area contributed by atoms with E-state index in [2.05, 4.69) is 0 Å². The summed E-state index contributed by atoms with van der Waals surface area (Å²) in [6, 6.07) is 9.22. The first-order valence-electron chi connectivity index (χ1n) is 9.23. The maximum absolute atomic E-state index is 12.0. The summed E-state index contributed by atoms with van der Waals surface area (Å²) in [5.41, 5.74) is 0.633. The Morgan fingerprint density at radius 1 is 0.783 bits per heavy atom. The van der Waals surface area contributed by atoms with E-state index in [-0.39, 0.29) is 18.2 Å². The summed E-state index contributed by atoms with van der Waals surface area (Å²) in [6.45, 7) is 0. The van der Waals surface area contributed by atoms with Crippen LogP contribution in [0.1, 0.15) is 74.6 Å². The highest BCUT2D eigenvalue weighted by atomic mass is 16.6. The molecule has 3 nitrogen and oxygen atoms in total. The Kier molecular flexibility index (Phi) is 6.09. The Morgan fingerprint density at radius 2 is 1.39 bits per heavy atom. The molecule has 1 aromatic carbocycles. The van der Waals surface area contributed by atoms with Crippen molar-refractivity contribution < 1.29 is 14.3 Å². The van der Waals surface area contributed by atoms with Gasteiger partial charge in [-0.1, -0.05) is 56.7 Å². The molecule has 1 aromatic rings. The van der Waals surface area contributed by atoms with Gasteiger partial charge in [-0.25, -0.2) is 4.79 Å². The van der Waals surface area contributed by atoms with Gasteiger partial charge in [-0.05, 0) is 25.0 Å². The molecular weight excluding hydrogens is 288 g/mol. The molecule has 0 spiro atoms. The average molecular weight is 316 g/mol. The lowest BCUT2D eigenvalue weighted by Crippen LogP contribution is -2.41. The van der Waals surface area contributed by atoms with Crippen molar-refractivity contribution in [3.05, 3.63) is 35.9 Å². The molecule has 2 fully saturated rings. The van der Waals surface area contributed by atoms with Gasteiger partial charge in [0.15, 0.2) is 0 Å². The molecule has 3 rings (SSSR count). The first-order chi connectivity index (χ1) is 11.3. The zero-order valence-corrected chi connectivity index (χ0v) is 13.9. The monoisotopic (exact) mass is 316 g/mol. The molecule has 0 N–H and O–H groups in total. The van der Waals surface area contributed by atoms with Crippen LogP contribution in [0.25, 0.3) is 0 Å². The van der Waals surface area contributed by atoms with Crippen molar-refractivity contribution in [2.24, 2.45) is 0 Å². The highest BCUT2D eigenvalue weighted by Crippen LogP contribution is 2.30. The molecule has 3 heteroatoms. The second-order valence-electron chi connectivity index (χ2n) is 6.94. The van der Waals surface area contributed by atoms with Crippen LogP contribution in [0.3, 0.4) is 0 Å². The van der Waals surface area contributed by atoms with Gasteiger partial charge in [0.25, 0.3) is 0 Å². The van der Waals surface area contributed by atoms with Gasteiger partial charge < -0.3 is 9.47 Å². The molecule has 2 saturated carbocycles. The number of carbonyl (C=O) groups excluding carboxylic acids is 1. The van der Waals surface area contributed by atoms with E-state index in [9.17, 15) is 4.79 Å². The van der Waals surface area contributed by atoms with Gasteiger partial charge in [-0.3, -0.25) is 0 Å². The van der Waals surface area contributed by atoms with E-state index < -0.39 is 0 Å². The third kappa shape index (κ3) is 5.07. The quantitative estimate of drug-likeness (QED) is 0.742. The molecule has 0 aliphatic heterocycles. The molecule has 0 aromatic heterocycles. The van der Waals surface area contributed by atoms with E-state index in [4.69, 9.17) is 9.47 Å². The Bertz CT molecular complexity index is 469. The average Bonchev–Trinajstić information content (AvgIpc) is 2.67. The molecule has 23 heavy (non-hydrogen) atoms. The second kappa shape index (κ2) is 8.49. The van der Waals surface area contributed by atoms with Gasteiger partial charge in [0.2, 0.25) is 0 Å². The third-order valence-electron chi connectivity index (χ3n) is 5.02. The summed E-state index contributed by atoms with van der Waals surface area (Å²) in [4.78, 5) is 12.0. The number of carbonyl (C=O) groups is 1. The molecular formula is C20H28O3. The fourth-order valence-electron chi connectivity index (χ4n) is 3.52.